The molecule has 0 fully saturated rings. The van der Waals surface area contributed by atoms with E-state index >= 15 is 0 Å². The Balaban J connectivity index is 1.99. The van der Waals surface area contributed by atoms with Gasteiger partial charge in [0.05, 0.1) is 11.0 Å². The molecular formula is C14H16N4. The van der Waals surface area contributed by atoms with E-state index in [1.165, 1.54) is 5.56 Å². The minimum atomic E-state index is 1.02. The van der Waals surface area contributed by atoms with Gasteiger partial charge in [0.1, 0.15) is 5.82 Å². The molecule has 0 saturated carbocycles. The monoisotopic (exact) mass is 240 g/mol. The van der Waals surface area contributed by atoms with Gasteiger partial charge in [-0.3, -0.25) is 0 Å². The van der Waals surface area contributed by atoms with Gasteiger partial charge in [0, 0.05) is 31.5 Å². The molecule has 18 heavy (non-hydrogen) atoms. The van der Waals surface area contributed by atoms with Crippen LogP contribution in [0, 0.1) is 0 Å². The van der Waals surface area contributed by atoms with E-state index in [1.807, 2.05) is 14.1 Å². The van der Waals surface area contributed by atoms with Crippen LogP contribution in [0.15, 0.2) is 36.4 Å². The van der Waals surface area contributed by atoms with E-state index in [1.54, 1.807) is 0 Å². The molecule has 0 bridgehead atoms. The first kappa shape index (κ1) is 10.8. The lowest BCUT2D eigenvalue weighted by atomic mass is 10.1. The summed E-state index contributed by atoms with van der Waals surface area (Å²) in [5.74, 6) is 1.02. The molecule has 0 radical (unpaired) electrons. The lowest BCUT2D eigenvalue weighted by Gasteiger charge is -2.01. The van der Waals surface area contributed by atoms with Crippen molar-refractivity contribution in [2.75, 3.05) is 24.7 Å². The highest BCUT2D eigenvalue weighted by molar-refractivity contribution is 5.86. The van der Waals surface area contributed by atoms with Crippen molar-refractivity contribution in [3.05, 3.63) is 36.4 Å². The van der Waals surface area contributed by atoms with Crippen molar-refractivity contribution < 1.29 is 0 Å². The predicted molar refractivity (Wildman–Crippen MR) is 77.2 cm³/mol. The summed E-state index contributed by atoms with van der Waals surface area (Å²) in [6.45, 7) is 0. The summed E-state index contributed by atoms with van der Waals surface area (Å²) in [4.78, 5) is 6.72. The number of fused-ring (bicyclic) bond motifs is 1. The van der Waals surface area contributed by atoms with E-state index in [2.05, 4.69) is 57.0 Å². The van der Waals surface area contributed by atoms with E-state index in [4.69, 9.17) is 0 Å². The van der Waals surface area contributed by atoms with Gasteiger partial charge >= 0.3 is 0 Å². The minimum Gasteiger partial charge on any atom is -0.388 e. The van der Waals surface area contributed by atoms with Crippen LogP contribution in [0.2, 0.25) is 0 Å². The molecule has 3 aromatic rings. The lowest BCUT2D eigenvalue weighted by molar-refractivity contribution is 1.38. The zero-order chi connectivity index (χ0) is 12.5. The first-order chi connectivity index (χ1) is 8.80. The standard InChI is InChI=1S/C14H16N4/c1-15-10-5-3-9(4-6-10)11-7-12-13(17-11)8-14(16-2)18-12/h3-8,15-18H,1-2H3. The Hall–Kier alpha value is -2.36. The maximum Gasteiger partial charge on any atom is 0.105 e. The van der Waals surface area contributed by atoms with E-state index in [-0.39, 0.29) is 0 Å². The highest BCUT2D eigenvalue weighted by atomic mass is 15.0. The number of nitrogens with one attached hydrogen (secondary N) is 4. The Kier molecular flexibility index (Phi) is 2.48. The lowest BCUT2D eigenvalue weighted by Crippen LogP contribution is -1.87. The highest BCUT2D eigenvalue weighted by Crippen LogP contribution is 2.26. The van der Waals surface area contributed by atoms with Crippen LogP contribution in [0.3, 0.4) is 0 Å². The zero-order valence-electron chi connectivity index (χ0n) is 10.5. The third-order valence-electron chi connectivity index (χ3n) is 3.16. The van der Waals surface area contributed by atoms with E-state index in [9.17, 15) is 0 Å². The SMILES string of the molecule is CNc1ccc(-c2cc3[nH]c(NC)cc3[nH]2)cc1. The molecule has 4 heteroatoms. The van der Waals surface area contributed by atoms with Gasteiger partial charge in [-0.1, -0.05) is 12.1 Å². The average Bonchev–Trinajstić information content (AvgIpc) is 2.96. The van der Waals surface area contributed by atoms with Gasteiger partial charge in [0.25, 0.3) is 0 Å². The number of rotatable bonds is 3. The smallest absolute Gasteiger partial charge is 0.105 e. The third-order valence-corrected chi connectivity index (χ3v) is 3.16. The van der Waals surface area contributed by atoms with Gasteiger partial charge in [-0.05, 0) is 23.8 Å². The normalized spacial score (nSPS) is 10.8. The van der Waals surface area contributed by atoms with E-state index in [0.29, 0.717) is 0 Å². The van der Waals surface area contributed by atoms with Crippen molar-refractivity contribution in [2.45, 2.75) is 0 Å². The molecular weight excluding hydrogens is 224 g/mol. The van der Waals surface area contributed by atoms with Gasteiger partial charge in [-0.15, -0.1) is 0 Å². The molecule has 3 rings (SSSR count). The summed E-state index contributed by atoms with van der Waals surface area (Å²) < 4.78 is 0. The van der Waals surface area contributed by atoms with Crippen molar-refractivity contribution in [2.24, 2.45) is 0 Å². The number of H-pyrrole nitrogens is 2. The largest absolute Gasteiger partial charge is 0.388 e. The fourth-order valence-corrected chi connectivity index (χ4v) is 2.12. The van der Waals surface area contributed by atoms with Crippen molar-refractivity contribution >= 4 is 22.5 Å². The molecule has 2 heterocycles. The Morgan fingerprint density at radius 1 is 0.833 bits per heavy atom. The molecule has 0 amide bonds. The molecule has 2 aromatic heterocycles. The molecule has 0 aliphatic heterocycles. The minimum absolute atomic E-state index is 1.02. The number of aromatic nitrogens is 2. The molecule has 0 aliphatic carbocycles. The van der Waals surface area contributed by atoms with Crippen LogP contribution < -0.4 is 10.6 Å². The summed E-state index contributed by atoms with van der Waals surface area (Å²) >= 11 is 0. The number of benzene rings is 1. The molecule has 92 valence electrons. The molecule has 0 aliphatic rings. The Morgan fingerprint density at radius 3 is 2.17 bits per heavy atom. The summed E-state index contributed by atoms with van der Waals surface area (Å²) in [5.41, 5.74) is 5.67. The second-order valence-electron chi connectivity index (χ2n) is 4.27. The number of aromatic amines is 2. The van der Waals surface area contributed by atoms with Crippen LogP contribution in [-0.2, 0) is 0 Å². The maximum atomic E-state index is 3.41. The Labute approximate surface area is 105 Å². The van der Waals surface area contributed by atoms with Crippen LogP contribution in [0.4, 0.5) is 11.5 Å². The number of hydrogen-bond acceptors (Lipinski definition) is 2. The van der Waals surface area contributed by atoms with Gasteiger partial charge in [0.15, 0.2) is 0 Å². The molecule has 0 atom stereocenters. The summed E-state index contributed by atoms with van der Waals surface area (Å²) in [5, 5.41) is 6.21. The number of anilines is 2. The maximum absolute atomic E-state index is 3.41. The van der Waals surface area contributed by atoms with Crippen LogP contribution in [-0.4, -0.2) is 24.1 Å². The quantitative estimate of drug-likeness (QED) is 0.568. The predicted octanol–water partition coefficient (Wildman–Crippen LogP) is 3.25. The highest BCUT2D eigenvalue weighted by Gasteiger charge is 2.06. The Morgan fingerprint density at radius 2 is 1.56 bits per heavy atom. The zero-order valence-corrected chi connectivity index (χ0v) is 10.5. The average molecular weight is 240 g/mol. The fraction of sp³-hybridized carbons (Fsp3) is 0.143. The third kappa shape index (κ3) is 1.72. The van der Waals surface area contributed by atoms with Gasteiger partial charge in [0.2, 0.25) is 0 Å². The van der Waals surface area contributed by atoms with Crippen molar-refractivity contribution in [1.29, 1.82) is 0 Å². The first-order valence-corrected chi connectivity index (χ1v) is 5.98. The van der Waals surface area contributed by atoms with Crippen molar-refractivity contribution in [3.8, 4) is 11.3 Å². The summed E-state index contributed by atoms with van der Waals surface area (Å²) in [6, 6.07) is 12.6. The summed E-state index contributed by atoms with van der Waals surface area (Å²) in [7, 11) is 3.83. The van der Waals surface area contributed by atoms with Crippen LogP contribution >= 0.6 is 0 Å². The molecule has 4 N–H and O–H groups in total. The number of hydrogen-bond donors (Lipinski definition) is 4. The molecule has 0 saturated heterocycles. The van der Waals surface area contributed by atoms with Gasteiger partial charge < -0.3 is 20.6 Å². The van der Waals surface area contributed by atoms with Crippen LogP contribution in [0.5, 0.6) is 0 Å². The molecule has 4 nitrogen and oxygen atoms in total. The van der Waals surface area contributed by atoms with E-state index in [0.717, 1.165) is 28.2 Å². The summed E-state index contributed by atoms with van der Waals surface area (Å²) in [6.07, 6.45) is 0. The van der Waals surface area contributed by atoms with Crippen LogP contribution in [0.25, 0.3) is 22.3 Å². The second-order valence-corrected chi connectivity index (χ2v) is 4.27. The van der Waals surface area contributed by atoms with Crippen LogP contribution in [0.1, 0.15) is 0 Å². The topological polar surface area (TPSA) is 55.6 Å². The molecule has 1 aromatic carbocycles. The van der Waals surface area contributed by atoms with Gasteiger partial charge in [-0.25, -0.2) is 0 Å². The molecule has 0 unspecified atom stereocenters. The van der Waals surface area contributed by atoms with Crippen molar-refractivity contribution in [1.82, 2.24) is 9.97 Å². The van der Waals surface area contributed by atoms with Crippen molar-refractivity contribution in [3.63, 3.8) is 0 Å². The first-order valence-electron chi connectivity index (χ1n) is 5.98. The van der Waals surface area contributed by atoms with Gasteiger partial charge in [-0.2, -0.15) is 0 Å². The fourth-order valence-electron chi connectivity index (χ4n) is 2.12. The van der Waals surface area contributed by atoms with E-state index < -0.39 is 0 Å². The molecule has 0 spiro atoms. The second kappa shape index (κ2) is 4.14. The Bertz CT molecular complexity index is 629.